The Labute approximate surface area is 127 Å². The van der Waals surface area contributed by atoms with Crippen molar-refractivity contribution in [2.45, 2.75) is 58.5 Å². The predicted octanol–water partition coefficient (Wildman–Crippen LogP) is 1.50. The number of hydrogen-bond donors (Lipinski definition) is 1. The first-order chi connectivity index (χ1) is 10.2. The number of fused-ring (bicyclic) bond motifs is 1. The lowest BCUT2D eigenvalue weighted by atomic mass is 9.94. The summed E-state index contributed by atoms with van der Waals surface area (Å²) in [5.41, 5.74) is 0. The number of aryl methyl sites for hydroxylation is 1. The topological polar surface area (TPSA) is 54.2 Å². The molecule has 1 aromatic rings. The summed E-state index contributed by atoms with van der Waals surface area (Å²) in [7, 11) is 0. The van der Waals surface area contributed by atoms with E-state index in [2.05, 4.69) is 23.8 Å². The molecule has 0 radical (unpaired) electrons. The van der Waals surface area contributed by atoms with Gasteiger partial charge in [0, 0.05) is 44.5 Å². The summed E-state index contributed by atoms with van der Waals surface area (Å²) in [6, 6.07) is 0.640. The van der Waals surface area contributed by atoms with Crippen LogP contribution in [0.4, 0.5) is 0 Å². The van der Waals surface area contributed by atoms with Crippen LogP contribution >= 0.6 is 0 Å². The molecule has 1 aromatic heterocycles. The van der Waals surface area contributed by atoms with Gasteiger partial charge in [0.25, 0.3) is 0 Å². The Hall–Kier alpha value is -0.940. The zero-order valence-corrected chi connectivity index (χ0v) is 13.3. The largest absolute Gasteiger partial charge is 0.396 e. The molecule has 0 aromatic carbocycles. The maximum absolute atomic E-state index is 9.30. The highest BCUT2D eigenvalue weighted by Gasteiger charge is 2.25. The summed E-state index contributed by atoms with van der Waals surface area (Å²) >= 11 is 0. The zero-order chi connectivity index (χ0) is 14.8. The van der Waals surface area contributed by atoms with E-state index in [0.29, 0.717) is 17.9 Å². The van der Waals surface area contributed by atoms with Crippen molar-refractivity contribution in [2.24, 2.45) is 11.8 Å². The van der Waals surface area contributed by atoms with Crippen molar-refractivity contribution >= 4 is 0 Å². The van der Waals surface area contributed by atoms with Crippen molar-refractivity contribution in [3.05, 3.63) is 11.6 Å². The van der Waals surface area contributed by atoms with Crippen LogP contribution in [0.25, 0.3) is 0 Å². The Bertz CT molecular complexity index is 471. The SMILES string of the molecule is CC(C)N1CCCC(Cc2nc3n(n2)CC(CO)CC3)C1. The van der Waals surface area contributed by atoms with E-state index in [4.69, 9.17) is 4.98 Å². The van der Waals surface area contributed by atoms with Crippen LogP contribution < -0.4 is 0 Å². The van der Waals surface area contributed by atoms with E-state index in [1.807, 2.05) is 4.68 Å². The molecule has 3 heterocycles. The van der Waals surface area contributed by atoms with Gasteiger partial charge in [-0.15, -0.1) is 0 Å². The minimum atomic E-state index is 0.264. The first kappa shape index (κ1) is 15.0. The number of hydrogen-bond acceptors (Lipinski definition) is 4. The van der Waals surface area contributed by atoms with Crippen LogP contribution in [0.1, 0.15) is 44.8 Å². The van der Waals surface area contributed by atoms with Crippen molar-refractivity contribution in [1.82, 2.24) is 19.7 Å². The standard InChI is InChI=1S/C16H28N4O/c1-12(2)19-7-3-4-13(9-19)8-15-17-16-6-5-14(11-21)10-20(16)18-15/h12-14,21H,3-11H2,1-2H3. The van der Waals surface area contributed by atoms with Crippen molar-refractivity contribution < 1.29 is 5.11 Å². The van der Waals surface area contributed by atoms with Gasteiger partial charge in [-0.2, -0.15) is 5.10 Å². The van der Waals surface area contributed by atoms with E-state index in [9.17, 15) is 5.11 Å². The van der Waals surface area contributed by atoms with E-state index >= 15 is 0 Å². The molecule has 1 fully saturated rings. The zero-order valence-electron chi connectivity index (χ0n) is 13.3. The molecule has 0 spiro atoms. The Morgan fingerprint density at radius 1 is 1.24 bits per heavy atom. The van der Waals surface area contributed by atoms with Gasteiger partial charge in [0.15, 0.2) is 5.82 Å². The van der Waals surface area contributed by atoms with E-state index in [1.54, 1.807) is 0 Å². The Morgan fingerprint density at radius 2 is 2.10 bits per heavy atom. The lowest BCUT2D eigenvalue weighted by Gasteiger charge is -2.35. The molecule has 0 saturated carbocycles. The first-order valence-electron chi connectivity index (χ1n) is 8.43. The molecule has 0 bridgehead atoms. The third kappa shape index (κ3) is 3.46. The van der Waals surface area contributed by atoms with Crippen LogP contribution in [0.15, 0.2) is 0 Å². The van der Waals surface area contributed by atoms with Gasteiger partial charge in [-0.3, -0.25) is 0 Å². The molecule has 2 aliphatic heterocycles. The van der Waals surface area contributed by atoms with E-state index in [0.717, 1.165) is 37.5 Å². The summed E-state index contributed by atoms with van der Waals surface area (Å²) in [4.78, 5) is 7.31. The molecule has 0 amide bonds. The van der Waals surface area contributed by atoms with Gasteiger partial charge in [0.05, 0.1) is 0 Å². The molecule has 2 aliphatic rings. The highest BCUT2D eigenvalue weighted by atomic mass is 16.3. The Kier molecular flexibility index (Phi) is 4.60. The Morgan fingerprint density at radius 3 is 2.86 bits per heavy atom. The van der Waals surface area contributed by atoms with Crippen LogP contribution in [-0.2, 0) is 19.4 Å². The van der Waals surface area contributed by atoms with Crippen LogP contribution in [0.3, 0.4) is 0 Å². The number of aliphatic hydroxyl groups is 1. The lowest BCUT2D eigenvalue weighted by Crippen LogP contribution is -2.40. The molecule has 5 nitrogen and oxygen atoms in total. The van der Waals surface area contributed by atoms with Crippen molar-refractivity contribution in [1.29, 1.82) is 0 Å². The molecule has 118 valence electrons. The number of nitrogens with zero attached hydrogens (tertiary/aromatic N) is 4. The highest BCUT2D eigenvalue weighted by Crippen LogP contribution is 2.23. The molecule has 0 aliphatic carbocycles. The van der Waals surface area contributed by atoms with E-state index in [1.165, 1.54) is 25.9 Å². The van der Waals surface area contributed by atoms with Crippen molar-refractivity contribution in [2.75, 3.05) is 19.7 Å². The van der Waals surface area contributed by atoms with Gasteiger partial charge >= 0.3 is 0 Å². The van der Waals surface area contributed by atoms with Crippen LogP contribution in [0.5, 0.6) is 0 Å². The smallest absolute Gasteiger partial charge is 0.151 e. The average Bonchev–Trinajstić information content (AvgIpc) is 2.88. The molecular weight excluding hydrogens is 264 g/mol. The highest BCUT2D eigenvalue weighted by molar-refractivity contribution is 4.98. The summed E-state index contributed by atoms with van der Waals surface area (Å²) in [6.45, 7) is 8.08. The van der Waals surface area contributed by atoms with Crippen molar-refractivity contribution in [3.63, 3.8) is 0 Å². The minimum absolute atomic E-state index is 0.264. The number of aromatic nitrogens is 3. The lowest BCUT2D eigenvalue weighted by molar-refractivity contribution is 0.138. The predicted molar refractivity (Wildman–Crippen MR) is 82.1 cm³/mol. The molecule has 21 heavy (non-hydrogen) atoms. The molecular formula is C16H28N4O. The third-order valence-electron chi connectivity index (χ3n) is 5.01. The number of piperidine rings is 1. The fourth-order valence-corrected chi connectivity index (χ4v) is 3.65. The van der Waals surface area contributed by atoms with Gasteiger partial charge in [-0.1, -0.05) is 0 Å². The number of likely N-dealkylation sites (tertiary alicyclic amines) is 1. The summed E-state index contributed by atoms with van der Waals surface area (Å²) in [5.74, 6) is 3.18. The Balaban J connectivity index is 1.62. The van der Waals surface area contributed by atoms with Crippen LogP contribution in [-0.4, -0.2) is 50.5 Å². The normalized spacial score (nSPS) is 27.0. The van der Waals surface area contributed by atoms with Gasteiger partial charge in [0.2, 0.25) is 0 Å². The number of rotatable bonds is 4. The maximum Gasteiger partial charge on any atom is 0.151 e. The molecule has 2 atom stereocenters. The quantitative estimate of drug-likeness (QED) is 0.913. The van der Waals surface area contributed by atoms with Crippen molar-refractivity contribution in [3.8, 4) is 0 Å². The minimum Gasteiger partial charge on any atom is -0.396 e. The average molecular weight is 292 g/mol. The maximum atomic E-state index is 9.30. The van der Waals surface area contributed by atoms with Crippen LogP contribution in [0, 0.1) is 11.8 Å². The van der Waals surface area contributed by atoms with E-state index < -0.39 is 0 Å². The molecule has 5 heteroatoms. The molecule has 1 N–H and O–H groups in total. The fraction of sp³-hybridized carbons (Fsp3) is 0.875. The monoisotopic (exact) mass is 292 g/mol. The van der Waals surface area contributed by atoms with Gasteiger partial charge in [0.1, 0.15) is 5.82 Å². The summed E-state index contributed by atoms with van der Waals surface area (Å²) < 4.78 is 2.03. The second kappa shape index (κ2) is 6.44. The van der Waals surface area contributed by atoms with Gasteiger partial charge < -0.3 is 10.0 Å². The fourth-order valence-electron chi connectivity index (χ4n) is 3.65. The van der Waals surface area contributed by atoms with Crippen LogP contribution in [0.2, 0.25) is 0 Å². The molecule has 2 unspecified atom stereocenters. The number of aliphatic hydroxyl groups excluding tert-OH is 1. The third-order valence-corrected chi connectivity index (χ3v) is 5.01. The second-order valence-electron chi connectivity index (χ2n) is 7.01. The van der Waals surface area contributed by atoms with Gasteiger partial charge in [-0.05, 0) is 45.6 Å². The second-order valence-corrected chi connectivity index (χ2v) is 7.01. The molecule has 1 saturated heterocycles. The summed E-state index contributed by atoms with van der Waals surface area (Å²) in [6.07, 6.45) is 5.60. The van der Waals surface area contributed by atoms with Gasteiger partial charge in [-0.25, -0.2) is 9.67 Å². The van der Waals surface area contributed by atoms with E-state index in [-0.39, 0.29) is 6.61 Å². The molecule has 3 rings (SSSR count). The summed E-state index contributed by atoms with van der Waals surface area (Å²) in [5, 5.41) is 14.0. The first-order valence-corrected chi connectivity index (χ1v) is 8.43.